The van der Waals surface area contributed by atoms with Gasteiger partial charge in [0.15, 0.2) is 5.96 Å². The second-order valence-corrected chi connectivity index (χ2v) is 10.7. The molecule has 0 bridgehead atoms. The average Bonchev–Trinajstić information content (AvgIpc) is 3.06. The quantitative estimate of drug-likeness (QED) is 0.295. The molecule has 3 unspecified atom stereocenters. The first-order valence-corrected chi connectivity index (χ1v) is 13.2. The van der Waals surface area contributed by atoms with Crippen LogP contribution in [0.3, 0.4) is 0 Å². The van der Waals surface area contributed by atoms with Crippen molar-refractivity contribution in [3.63, 3.8) is 0 Å². The maximum atomic E-state index is 12.2. The summed E-state index contributed by atoms with van der Waals surface area (Å²) in [6, 6.07) is 9.14. The van der Waals surface area contributed by atoms with Crippen molar-refractivity contribution in [3.05, 3.63) is 35.4 Å². The molecular formula is C24H41IN4OS. The minimum absolute atomic E-state index is 0. The number of likely N-dealkylation sites (tertiary alicyclic amines) is 1. The SMILES string of the molecule is CCS(=O)C1CCCC(NC(=NC)NCc2ccccc2CN2CCCCCC2)C1.I. The van der Waals surface area contributed by atoms with Crippen molar-refractivity contribution >= 4 is 40.7 Å². The van der Waals surface area contributed by atoms with Crippen molar-refractivity contribution in [2.24, 2.45) is 4.99 Å². The third-order valence-corrected chi connectivity index (χ3v) is 8.24. The highest BCUT2D eigenvalue weighted by Gasteiger charge is 2.26. The van der Waals surface area contributed by atoms with Gasteiger partial charge >= 0.3 is 0 Å². The molecular weight excluding hydrogens is 519 g/mol. The molecule has 0 radical (unpaired) electrons. The number of guanidine groups is 1. The van der Waals surface area contributed by atoms with Crippen molar-refractivity contribution in [1.82, 2.24) is 15.5 Å². The largest absolute Gasteiger partial charge is 0.354 e. The van der Waals surface area contributed by atoms with Gasteiger partial charge in [-0.2, -0.15) is 0 Å². The summed E-state index contributed by atoms with van der Waals surface area (Å²) in [6.07, 6.45) is 9.73. The lowest BCUT2D eigenvalue weighted by Crippen LogP contribution is -2.46. The van der Waals surface area contributed by atoms with E-state index in [9.17, 15) is 4.21 Å². The van der Waals surface area contributed by atoms with Crippen LogP contribution in [0.25, 0.3) is 0 Å². The molecule has 1 heterocycles. The van der Waals surface area contributed by atoms with Gasteiger partial charge in [-0.1, -0.05) is 50.5 Å². The van der Waals surface area contributed by atoms with E-state index in [2.05, 4.69) is 44.8 Å². The van der Waals surface area contributed by atoms with Gasteiger partial charge in [-0.3, -0.25) is 14.1 Å². The number of halogens is 1. The normalized spacial score (nSPS) is 24.0. The van der Waals surface area contributed by atoms with E-state index in [0.29, 0.717) is 11.3 Å². The standard InChI is InChI=1S/C24H40N4OS.HI/c1-3-30(29)23-14-10-13-22(17-23)27-24(25-2)26-18-20-11-6-7-12-21(20)19-28-15-8-4-5-9-16-28;/h6-7,11-12,22-23H,3-5,8-10,13-19H2,1-2H3,(H2,25,26,27);1H. The molecule has 1 aliphatic carbocycles. The average molecular weight is 561 g/mol. The van der Waals surface area contributed by atoms with Crippen LogP contribution >= 0.6 is 24.0 Å². The lowest BCUT2D eigenvalue weighted by atomic mass is 9.95. The van der Waals surface area contributed by atoms with E-state index in [-0.39, 0.29) is 24.0 Å². The van der Waals surface area contributed by atoms with Crippen LogP contribution in [0.15, 0.2) is 29.3 Å². The molecule has 1 aromatic rings. The van der Waals surface area contributed by atoms with E-state index < -0.39 is 10.8 Å². The minimum atomic E-state index is -0.698. The number of nitrogens with zero attached hydrogens (tertiary/aromatic N) is 2. The molecule has 2 N–H and O–H groups in total. The molecule has 0 spiro atoms. The van der Waals surface area contributed by atoms with Gasteiger partial charge in [-0.15, -0.1) is 24.0 Å². The third kappa shape index (κ3) is 8.65. The van der Waals surface area contributed by atoms with Crippen LogP contribution in [0, 0.1) is 0 Å². The topological polar surface area (TPSA) is 56.7 Å². The zero-order valence-electron chi connectivity index (χ0n) is 19.3. The Kier molecular flexibility index (Phi) is 12.4. The minimum Gasteiger partial charge on any atom is -0.354 e. The van der Waals surface area contributed by atoms with Crippen molar-refractivity contribution < 1.29 is 4.21 Å². The number of nitrogens with one attached hydrogen (secondary N) is 2. The van der Waals surface area contributed by atoms with Crippen LogP contribution in [0.4, 0.5) is 0 Å². The molecule has 1 saturated heterocycles. The molecule has 7 heteroatoms. The van der Waals surface area contributed by atoms with Crippen LogP contribution in [0.1, 0.15) is 69.4 Å². The Morgan fingerprint density at radius 3 is 2.48 bits per heavy atom. The lowest BCUT2D eigenvalue weighted by molar-refractivity contribution is 0.276. The van der Waals surface area contributed by atoms with Gasteiger partial charge in [0.05, 0.1) is 0 Å². The lowest BCUT2D eigenvalue weighted by Gasteiger charge is -2.30. The molecule has 3 atom stereocenters. The van der Waals surface area contributed by atoms with Crippen molar-refractivity contribution in [2.75, 3.05) is 25.9 Å². The van der Waals surface area contributed by atoms with Crippen molar-refractivity contribution in [2.45, 2.75) is 82.7 Å². The van der Waals surface area contributed by atoms with Crippen LogP contribution in [0.5, 0.6) is 0 Å². The molecule has 1 aromatic carbocycles. The van der Waals surface area contributed by atoms with Gasteiger partial charge < -0.3 is 10.6 Å². The highest BCUT2D eigenvalue weighted by Crippen LogP contribution is 2.23. The van der Waals surface area contributed by atoms with E-state index in [4.69, 9.17) is 0 Å². The van der Waals surface area contributed by atoms with Crippen LogP contribution in [-0.2, 0) is 23.9 Å². The number of benzene rings is 1. The molecule has 0 aromatic heterocycles. The van der Waals surface area contributed by atoms with Crippen molar-refractivity contribution in [3.8, 4) is 0 Å². The van der Waals surface area contributed by atoms with E-state index >= 15 is 0 Å². The summed E-state index contributed by atoms with van der Waals surface area (Å²) in [4.78, 5) is 7.06. The molecule has 3 rings (SSSR count). The number of hydrogen-bond acceptors (Lipinski definition) is 3. The Labute approximate surface area is 208 Å². The molecule has 1 aliphatic heterocycles. The zero-order valence-corrected chi connectivity index (χ0v) is 22.4. The smallest absolute Gasteiger partial charge is 0.191 e. The molecule has 176 valence electrons. The molecule has 2 aliphatic rings. The molecule has 31 heavy (non-hydrogen) atoms. The van der Waals surface area contributed by atoms with Gasteiger partial charge in [-0.05, 0) is 56.3 Å². The van der Waals surface area contributed by atoms with Gasteiger partial charge in [-0.25, -0.2) is 0 Å². The molecule has 0 amide bonds. The predicted octanol–water partition coefficient (Wildman–Crippen LogP) is 4.43. The second kappa shape index (κ2) is 14.5. The summed E-state index contributed by atoms with van der Waals surface area (Å²) in [5.41, 5.74) is 2.76. The summed E-state index contributed by atoms with van der Waals surface area (Å²) >= 11 is 0. The van der Waals surface area contributed by atoms with Crippen molar-refractivity contribution in [1.29, 1.82) is 0 Å². The molecule has 1 saturated carbocycles. The van der Waals surface area contributed by atoms with Crippen LogP contribution in [-0.4, -0.2) is 52.3 Å². The fraction of sp³-hybridized carbons (Fsp3) is 0.708. The number of aliphatic imine (C=N–C) groups is 1. The summed E-state index contributed by atoms with van der Waals surface area (Å²) < 4.78 is 12.2. The highest BCUT2D eigenvalue weighted by atomic mass is 127. The van der Waals surface area contributed by atoms with Crippen LogP contribution < -0.4 is 10.6 Å². The first-order chi connectivity index (χ1) is 14.7. The maximum absolute atomic E-state index is 12.2. The van der Waals surface area contributed by atoms with Gasteiger partial charge in [0, 0.05) is 48.0 Å². The summed E-state index contributed by atoms with van der Waals surface area (Å²) in [5, 5.41) is 7.44. The summed E-state index contributed by atoms with van der Waals surface area (Å²) in [5.74, 6) is 1.62. The summed E-state index contributed by atoms with van der Waals surface area (Å²) in [6.45, 7) is 6.27. The Hall–Kier alpha value is -0.670. The summed E-state index contributed by atoms with van der Waals surface area (Å²) in [7, 11) is 1.14. The third-order valence-electron chi connectivity index (χ3n) is 6.50. The zero-order chi connectivity index (χ0) is 21.2. The van der Waals surface area contributed by atoms with E-state index in [1.165, 1.54) is 49.9 Å². The molecule has 5 nitrogen and oxygen atoms in total. The van der Waals surface area contributed by atoms with E-state index in [1.54, 1.807) is 0 Å². The van der Waals surface area contributed by atoms with E-state index in [1.807, 2.05) is 14.0 Å². The number of hydrogen-bond donors (Lipinski definition) is 2. The predicted molar refractivity (Wildman–Crippen MR) is 144 cm³/mol. The fourth-order valence-corrected chi connectivity index (χ4v) is 6.08. The first kappa shape index (κ1) is 26.6. The van der Waals surface area contributed by atoms with Gasteiger partial charge in [0.2, 0.25) is 0 Å². The molecule has 2 fully saturated rings. The maximum Gasteiger partial charge on any atom is 0.191 e. The van der Waals surface area contributed by atoms with E-state index in [0.717, 1.165) is 50.5 Å². The van der Waals surface area contributed by atoms with Gasteiger partial charge in [0.1, 0.15) is 0 Å². The monoisotopic (exact) mass is 560 g/mol. The Bertz CT molecular complexity index is 707. The highest BCUT2D eigenvalue weighted by molar-refractivity contribution is 14.0. The number of rotatable bonds is 7. The van der Waals surface area contributed by atoms with Crippen LogP contribution in [0.2, 0.25) is 0 Å². The Morgan fingerprint density at radius 1 is 1.10 bits per heavy atom. The first-order valence-electron chi connectivity index (χ1n) is 11.8. The fourth-order valence-electron chi connectivity index (χ4n) is 4.74. The van der Waals surface area contributed by atoms with Gasteiger partial charge in [0.25, 0.3) is 0 Å². The Balaban J connectivity index is 0.00000341. The Morgan fingerprint density at radius 2 is 1.81 bits per heavy atom. The second-order valence-electron chi connectivity index (χ2n) is 8.68.